The first kappa shape index (κ1) is 12.3. The van der Waals surface area contributed by atoms with Crippen LogP contribution in [-0.2, 0) is 9.53 Å². The lowest BCUT2D eigenvalue weighted by molar-refractivity contribution is -0.120. The molecule has 0 aromatic heterocycles. The first-order chi connectivity index (χ1) is 8.16. The average Bonchev–Trinajstić information content (AvgIpc) is 2.35. The number of benzene rings is 1. The molecular weight excluding hydrogens is 247 g/mol. The molecule has 0 saturated carbocycles. The Bertz CT molecular complexity index is 422. The summed E-state index contributed by atoms with van der Waals surface area (Å²) in [5, 5.41) is 5.87. The maximum absolute atomic E-state index is 13.0. The van der Waals surface area contributed by atoms with Gasteiger partial charge in [-0.3, -0.25) is 4.79 Å². The van der Waals surface area contributed by atoms with Gasteiger partial charge in [0.05, 0.1) is 23.9 Å². The van der Waals surface area contributed by atoms with Crippen molar-refractivity contribution < 1.29 is 13.9 Å². The maximum atomic E-state index is 13.0. The molecule has 1 saturated heterocycles. The van der Waals surface area contributed by atoms with Crippen LogP contribution in [0.3, 0.4) is 0 Å². The van der Waals surface area contributed by atoms with Crippen LogP contribution in [0.2, 0.25) is 5.02 Å². The topological polar surface area (TPSA) is 50.4 Å². The van der Waals surface area contributed by atoms with Crippen molar-refractivity contribution in [2.24, 2.45) is 0 Å². The van der Waals surface area contributed by atoms with Gasteiger partial charge in [-0.25, -0.2) is 4.39 Å². The Morgan fingerprint density at radius 1 is 1.59 bits per heavy atom. The van der Waals surface area contributed by atoms with E-state index < -0.39 is 11.9 Å². The van der Waals surface area contributed by atoms with E-state index in [9.17, 15) is 9.18 Å². The zero-order valence-corrected chi connectivity index (χ0v) is 9.76. The van der Waals surface area contributed by atoms with Gasteiger partial charge in [0.15, 0.2) is 0 Å². The largest absolute Gasteiger partial charge is 0.378 e. The Hall–Kier alpha value is -1.17. The molecule has 1 atom stereocenters. The molecule has 2 rings (SSSR count). The fourth-order valence-corrected chi connectivity index (χ4v) is 1.71. The summed E-state index contributed by atoms with van der Waals surface area (Å²) in [7, 11) is 0. The Morgan fingerprint density at radius 2 is 2.41 bits per heavy atom. The molecule has 1 aromatic rings. The van der Waals surface area contributed by atoms with Crippen LogP contribution < -0.4 is 10.6 Å². The van der Waals surface area contributed by atoms with Gasteiger partial charge in [0, 0.05) is 6.54 Å². The normalized spacial score (nSPS) is 20.0. The van der Waals surface area contributed by atoms with Crippen molar-refractivity contribution in [3.63, 3.8) is 0 Å². The van der Waals surface area contributed by atoms with E-state index in [2.05, 4.69) is 10.6 Å². The summed E-state index contributed by atoms with van der Waals surface area (Å²) < 4.78 is 18.2. The molecule has 4 nitrogen and oxygen atoms in total. The van der Waals surface area contributed by atoms with Crippen LogP contribution in [0.25, 0.3) is 0 Å². The smallest absolute Gasteiger partial charge is 0.243 e. The van der Waals surface area contributed by atoms with Crippen molar-refractivity contribution in [2.45, 2.75) is 6.04 Å². The molecule has 17 heavy (non-hydrogen) atoms. The van der Waals surface area contributed by atoms with Gasteiger partial charge in [-0.1, -0.05) is 11.6 Å². The average molecular weight is 259 g/mol. The third-order valence-corrected chi connectivity index (χ3v) is 2.75. The molecule has 1 fully saturated rings. The first-order valence-corrected chi connectivity index (χ1v) is 5.61. The second-order valence-electron chi connectivity index (χ2n) is 3.70. The summed E-state index contributed by atoms with van der Waals surface area (Å²) >= 11 is 5.85. The molecular formula is C11H12ClFN2O2. The maximum Gasteiger partial charge on any atom is 0.243 e. The van der Waals surface area contributed by atoms with Crippen molar-refractivity contribution in [3.8, 4) is 0 Å². The molecule has 6 heteroatoms. The number of morpholine rings is 1. The van der Waals surface area contributed by atoms with Crippen LogP contribution >= 0.6 is 11.6 Å². The lowest BCUT2D eigenvalue weighted by atomic mass is 10.2. The lowest BCUT2D eigenvalue weighted by Crippen LogP contribution is -2.48. The molecule has 92 valence electrons. The summed E-state index contributed by atoms with van der Waals surface area (Å²) in [4.78, 5) is 11.8. The van der Waals surface area contributed by atoms with E-state index in [1.165, 1.54) is 18.2 Å². The number of rotatable bonds is 2. The second kappa shape index (κ2) is 5.44. The third kappa shape index (κ3) is 3.15. The highest BCUT2D eigenvalue weighted by molar-refractivity contribution is 6.33. The van der Waals surface area contributed by atoms with Gasteiger partial charge >= 0.3 is 0 Å². The van der Waals surface area contributed by atoms with E-state index in [-0.39, 0.29) is 11.6 Å². The minimum atomic E-state index is -0.447. The summed E-state index contributed by atoms with van der Waals surface area (Å²) in [6.07, 6.45) is 0. The summed E-state index contributed by atoms with van der Waals surface area (Å²) in [6.45, 7) is 1.51. The minimum absolute atomic E-state index is 0.268. The van der Waals surface area contributed by atoms with Gasteiger partial charge in [-0.05, 0) is 18.2 Å². The number of carbonyl (C=O) groups excluding carboxylic acids is 1. The summed E-state index contributed by atoms with van der Waals surface area (Å²) in [5.41, 5.74) is 0.268. The van der Waals surface area contributed by atoms with Crippen LogP contribution in [0.4, 0.5) is 10.1 Å². The van der Waals surface area contributed by atoms with Crippen molar-refractivity contribution in [1.82, 2.24) is 5.32 Å². The second-order valence-corrected chi connectivity index (χ2v) is 4.10. The fraction of sp³-hybridized carbons (Fsp3) is 0.364. The summed E-state index contributed by atoms with van der Waals surface area (Å²) in [5.74, 6) is -0.727. The van der Waals surface area contributed by atoms with Crippen LogP contribution in [0.15, 0.2) is 18.2 Å². The van der Waals surface area contributed by atoms with Gasteiger partial charge in [0.1, 0.15) is 11.9 Å². The number of anilines is 1. The monoisotopic (exact) mass is 258 g/mol. The number of halogens is 2. The van der Waals surface area contributed by atoms with Crippen molar-refractivity contribution in [2.75, 3.05) is 25.1 Å². The molecule has 1 unspecified atom stereocenters. The standard InChI is InChI=1S/C11H12ClFN2O2/c12-8-2-1-7(13)5-9(8)15-11(16)10-6-17-4-3-14-10/h1-2,5,10,14H,3-4,6H2,(H,15,16). The molecule has 1 amide bonds. The number of hydrogen-bond acceptors (Lipinski definition) is 3. The molecule has 1 aliphatic heterocycles. The van der Waals surface area contributed by atoms with Crippen LogP contribution in [0.5, 0.6) is 0 Å². The van der Waals surface area contributed by atoms with Gasteiger partial charge in [-0.15, -0.1) is 0 Å². The molecule has 0 aliphatic carbocycles. The highest BCUT2D eigenvalue weighted by Gasteiger charge is 2.21. The van der Waals surface area contributed by atoms with E-state index in [1.807, 2.05) is 0 Å². The highest BCUT2D eigenvalue weighted by atomic mass is 35.5. The quantitative estimate of drug-likeness (QED) is 0.843. The van der Waals surface area contributed by atoms with E-state index >= 15 is 0 Å². The van der Waals surface area contributed by atoms with Crippen LogP contribution in [-0.4, -0.2) is 31.7 Å². The lowest BCUT2D eigenvalue weighted by Gasteiger charge is -2.23. The Balaban J connectivity index is 2.04. The molecule has 2 N–H and O–H groups in total. The third-order valence-electron chi connectivity index (χ3n) is 2.42. The molecule has 0 spiro atoms. The highest BCUT2D eigenvalue weighted by Crippen LogP contribution is 2.22. The fourth-order valence-electron chi connectivity index (χ4n) is 1.55. The van der Waals surface area contributed by atoms with Crippen molar-refractivity contribution in [1.29, 1.82) is 0 Å². The van der Waals surface area contributed by atoms with Gasteiger partial charge in [-0.2, -0.15) is 0 Å². The van der Waals surface area contributed by atoms with Crippen LogP contribution in [0, 0.1) is 5.82 Å². The zero-order chi connectivity index (χ0) is 12.3. The zero-order valence-electron chi connectivity index (χ0n) is 9.00. The summed E-state index contributed by atoms with van der Waals surface area (Å²) in [6, 6.07) is 3.39. The SMILES string of the molecule is O=C(Nc1cc(F)ccc1Cl)C1COCCN1. The number of hydrogen-bond donors (Lipinski definition) is 2. The predicted octanol–water partition coefficient (Wildman–Crippen LogP) is 1.41. The number of amides is 1. The van der Waals surface area contributed by atoms with Gasteiger partial charge < -0.3 is 15.4 Å². The van der Waals surface area contributed by atoms with Gasteiger partial charge in [0.2, 0.25) is 5.91 Å². The molecule has 0 radical (unpaired) electrons. The predicted molar refractivity (Wildman–Crippen MR) is 62.6 cm³/mol. The van der Waals surface area contributed by atoms with E-state index in [0.717, 1.165) is 0 Å². The van der Waals surface area contributed by atoms with Crippen molar-refractivity contribution >= 4 is 23.2 Å². The van der Waals surface area contributed by atoms with Crippen molar-refractivity contribution in [3.05, 3.63) is 29.0 Å². The Kier molecular flexibility index (Phi) is 3.93. The number of carbonyl (C=O) groups is 1. The molecule has 1 aromatic carbocycles. The number of nitrogens with one attached hydrogen (secondary N) is 2. The van der Waals surface area contributed by atoms with E-state index in [4.69, 9.17) is 16.3 Å². The van der Waals surface area contributed by atoms with E-state index in [1.54, 1.807) is 0 Å². The first-order valence-electron chi connectivity index (χ1n) is 5.24. The number of ether oxygens (including phenoxy) is 1. The Labute approximate surface area is 103 Å². The minimum Gasteiger partial charge on any atom is -0.378 e. The molecule has 1 aliphatic rings. The van der Waals surface area contributed by atoms with Gasteiger partial charge in [0.25, 0.3) is 0 Å². The molecule has 0 bridgehead atoms. The van der Waals surface area contributed by atoms with E-state index in [0.29, 0.717) is 24.8 Å². The molecule has 1 heterocycles. The van der Waals surface area contributed by atoms with Crippen LogP contribution in [0.1, 0.15) is 0 Å². The Morgan fingerprint density at radius 3 is 3.12 bits per heavy atom.